The number of benzene rings is 2. The molecule has 3 heterocycles. The smallest absolute Gasteiger partial charge is 0.550 e. The molecule has 3 aromatic rings. The molecule has 0 bridgehead atoms. The average molecular weight is 565 g/mol. The van der Waals surface area contributed by atoms with Crippen LogP contribution in [-0.4, -0.2) is 28.4 Å². The van der Waals surface area contributed by atoms with Gasteiger partial charge >= 0.3 is 29.6 Å². The fourth-order valence-electron chi connectivity index (χ4n) is 6.82. The fraction of sp³-hybridized carbons (Fsp3) is 0.471. The summed E-state index contributed by atoms with van der Waals surface area (Å²) in [5.74, 6) is -0.650. The molecule has 3 aliphatic rings. The Hall–Kier alpha value is -2.25. The largest absolute Gasteiger partial charge is 1.00 e. The summed E-state index contributed by atoms with van der Waals surface area (Å²) in [6.45, 7) is 7.79. The maximum atomic E-state index is 14.8. The molecule has 1 aliphatic carbocycles. The number of halogens is 1. The molecule has 41 heavy (non-hydrogen) atoms. The SMILES string of the molecule is Cc1cc(-c2ccc(C3CCc4ccc([C@H](C5CC5)[C@H](C)C(=O)[O-])cc4O3)c(CN3CCC[C@@H]3C)c2)c(F)cn1.[Na+]. The van der Waals surface area contributed by atoms with Gasteiger partial charge in [0.2, 0.25) is 0 Å². The molecule has 7 heteroatoms. The minimum absolute atomic E-state index is 0. The van der Waals surface area contributed by atoms with Crippen LogP contribution in [0.5, 0.6) is 5.75 Å². The summed E-state index contributed by atoms with van der Waals surface area (Å²) in [5, 5.41) is 11.8. The van der Waals surface area contributed by atoms with Gasteiger partial charge in [-0.25, -0.2) is 4.39 Å². The van der Waals surface area contributed by atoms with Crippen LogP contribution in [0.2, 0.25) is 0 Å². The molecule has 1 aromatic heterocycles. The monoisotopic (exact) mass is 564 g/mol. The number of likely N-dealkylation sites (tertiary alicyclic amines) is 1. The van der Waals surface area contributed by atoms with Crippen molar-refractivity contribution in [2.75, 3.05) is 6.54 Å². The first kappa shape index (κ1) is 30.2. The molecule has 1 saturated heterocycles. The zero-order chi connectivity index (χ0) is 28.0. The molecule has 4 atom stereocenters. The molecule has 210 valence electrons. The van der Waals surface area contributed by atoms with Crippen molar-refractivity contribution in [3.8, 4) is 16.9 Å². The second-order valence-corrected chi connectivity index (χ2v) is 12.2. The van der Waals surface area contributed by atoms with Crippen LogP contribution in [0, 0.1) is 24.6 Å². The van der Waals surface area contributed by atoms with Gasteiger partial charge in [0, 0.05) is 35.7 Å². The first-order valence-corrected chi connectivity index (χ1v) is 14.8. The number of aliphatic carboxylic acids is 1. The summed E-state index contributed by atoms with van der Waals surface area (Å²) in [6.07, 6.45) is 7.44. The third-order valence-electron chi connectivity index (χ3n) is 9.32. The standard InChI is InChI=1S/C34H39FN2O3.Na/c1-20-15-29(30(35)18-36-20)25-10-12-28(27(16-25)19-37-14-4-5-21(37)2)31-13-11-23-6-9-26(17-32(23)40-31)33(24-7-8-24)22(3)34(38)39;/h6,9-10,12,15-18,21-22,24,31,33H,4-5,7-8,11,13-14,19H2,1-3H3,(H,38,39);/q;+1/p-1/t21-,22-,31?,33-;/m0./s1. The molecule has 5 nitrogen and oxygen atoms in total. The van der Waals surface area contributed by atoms with Crippen molar-refractivity contribution < 1.29 is 48.6 Å². The van der Waals surface area contributed by atoms with Crippen molar-refractivity contribution >= 4 is 5.97 Å². The van der Waals surface area contributed by atoms with Gasteiger partial charge in [0.25, 0.3) is 0 Å². The minimum atomic E-state index is -0.991. The number of rotatable bonds is 8. The Kier molecular flexibility index (Phi) is 9.25. The second-order valence-electron chi connectivity index (χ2n) is 12.2. The first-order chi connectivity index (χ1) is 19.3. The van der Waals surface area contributed by atoms with Crippen LogP contribution in [0.25, 0.3) is 11.1 Å². The van der Waals surface area contributed by atoms with Crippen molar-refractivity contribution in [2.24, 2.45) is 11.8 Å². The molecule has 0 radical (unpaired) electrons. The van der Waals surface area contributed by atoms with E-state index in [9.17, 15) is 14.3 Å². The Morgan fingerprint density at radius 3 is 2.66 bits per heavy atom. The van der Waals surface area contributed by atoms with Gasteiger partial charge in [-0.1, -0.05) is 31.2 Å². The van der Waals surface area contributed by atoms with E-state index in [1.807, 2.05) is 19.1 Å². The van der Waals surface area contributed by atoms with Crippen LogP contribution in [0.3, 0.4) is 0 Å². The number of carbonyl (C=O) groups excluding carboxylic acids is 1. The van der Waals surface area contributed by atoms with E-state index in [1.54, 1.807) is 6.92 Å². The van der Waals surface area contributed by atoms with Gasteiger partial charge < -0.3 is 14.6 Å². The summed E-state index contributed by atoms with van der Waals surface area (Å²) < 4.78 is 21.5. The molecular weight excluding hydrogens is 526 g/mol. The van der Waals surface area contributed by atoms with E-state index in [0.29, 0.717) is 17.5 Å². The van der Waals surface area contributed by atoms with E-state index in [4.69, 9.17) is 4.74 Å². The Balaban J connectivity index is 0.00000337. The summed E-state index contributed by atoms with van der Waals surface area (Å²) in [5.41, 5.74) is 6.73. The molecule has 2 aromatic carbocycles. The maximum Gasteiger partial charge on any atom is 1.00 e. The van der Waals surface area contributed by atoms with E-state index >= 15 is 0 Å². The Labute approximate surface area is 264 Å². The Morgan fingerprint density at radius 2 is 1.95 bits per heavy atom. The predicted molar refractivity (Wildman–Crippen MR) is 151 cm³/mol. The Morgan fingerprint density at radius 1 is 1.15 bits per heavy atom. The van der Waals surface area contributed by atoms with Gasteiger partial charge in [-0.15, -0.1) is 0 Å². The first-order valence-electron chi connectivity index (χ1n) is 14.8. The number of pyridine rings is 1. The van der Waals surface area contributed by atoms with Crippen LogP contribution in [0.1, 0.15) is 85.9 Å². The van der Waals surface area contributed by atoms with Gasteiger partial charge in [0.1, 0.15) is 17.7 Å². The van der Waals surface area contributed by atoms with E-state index in [2.05, 4.69) is 47.1 Å². The second kappa shape index (κ2) is 12.5. The quantitative estimate of drug-likeness (QED) is 0.394. The average Bonchev–Trinajstić information content (AvgIpc) is 3.70. The normalized spacial score (nSPS) is 21.9. The molecule has 0 N–H and O–H groups in total. The molecule has 0 amide bonds. The van der Waals surface area contributed by atoms with Crippen molar-refractivity contribution in [1.82, 2.24) is 9.88 Å². The fourth-order valence-corrected chi connectivity index (χ4v) is 6.82. The maximum absolute atomic E-state index is 14.8. The van der Waals surface area contributed by atoms with Gasteiger partial charge in [0.05, 0.1) is 6.20 Å². The topological polar surface area (TPSA) is 65.5 Å². The van der Waals surface area contributed by atoms with E-state index < -0.39 is 11.9 Å². The molecule has 2 aliphatic heterocycles. The summed E-state index contributed by atoms with van der Waals surface area (Å²) in [7, 11) is 0. The van der Waals surface area contributed by atoms with Crippen molar-refractivity contribution in [3.05, 3.63) is 82.4 Å². The van der Waals surface area contributed by atoms with Crippen LogP contribution in [-0.2, 0) is 17.8 Å². The van der Waals surface area contributed by atoms with Gasteiger partial charge in [-0.3, -0.25) is 9.88 Å². The molecule has 1 unspecified atom stereocenters. The number of carboxylic acid groups (broad SMARTS) is 1. The number of carbonyl (C=O) groups is 1. The molecule has 6 rings (SSSR count). The molecule has 2 fully saturated rings. The number of carboxylic acids is 1. The number of hydrogen-bond donors (Lipinski definition) is 0. The van der Waals surface area contributed by atoms with Gasteiger partial charge in [-0.05, 0) is 117 Å². The van der Waals surface area contributed by atoms with E-state index in [1.165, 1.54) is 24.6 Å². The van der Waals surface area contributed by atoms with E-state index in [0.717, 1.165) is 72.5 Å². The van der Waals surface area contributed by atoms with Gasteiger partial charge in [-0.2, -0.15) is 0 Å². The third kappa shape index (κ3) is 6.41. The minimum Gasteiger partial charge on any atom is -0.550 e. The van der Waals surface area contributed by atoms with Crippen molar-refractivity contribution in [1.29, 1.82) is 0 Å². The summed E-state index contributed by atoms with van der Waals surface area (Å²) in [4.78, 5) is 18.4. The third-order valence-corrected chi connectivity index (χ3v) is 9.32. The number of aryl methyl sites for hydroxylation is 2. The van der Waals surface area contributed by atoms with Gasteiger partial charge in [0.15, 0.2) is 0 Å². The van der Waals surface area contributed by atoms with E-state index in [-0.39, 0.29) is 47.4 Å². The Bertz CT molecular complexity index is 1430. The molecule has 0 spiro atoms. The van der Waals surface area contributed by atoms with Crippen molar-refractivity contribution in [2.45, 2.75) is 83.9 Å². The molecular formula is C34H38FN2NaO3. The van der Waals surface area contributed by atoms with Crippen LogP contribution in [0.15, 0.2) is 48.7 Å². The van der Waals surface area contributed by atoms with Crippen molar-refractivity contribution in [3.63, 3.8) is 0 Å². The zero-order valence-corrected chi connectivity index (χ0v) is 26.7. The summed E-state index contributed by atoms with van der Waals surface area (Å²) in [6, 6.07) is 14.9. The molecule has 1 saturated carbocycles. The number of aromatic nitrogens is 1. The number of hydrogen-bond acceptors (Lipinski definition) is 5. The number of nitrogens with zero attached hydrogens (tertiary/aromatic N) is 2. The number of fused-ring (bicyclic) bond motifs is 1. The number of ether oxygens (including phenoxy) is 1. The predicted octanol–water partition coefficient (Wildman–Crippen LogP) is 3.13. The van der Waals surface area contributed by atoms with Crippen LogP contribution in [0.4, 0.5) is 4.39 Å². The van der Waals surface area contributed by atoms with Crippen LogP contribution < -0.4 is 39.4 Å². The van der Waals surface area contributed by atoms with Crippen LogP contribution >= 0.6 is 0 Å². The summed E-state index contributed by atoms with van der Waals surface area (Å²) >= 11 is 0. The zero-order valence-electron chi connectivity index (χ0n) is 24.7.